The molecule has 0 amide bonds. The monoisotopic (exact) mass is 575 g/mol. The Kier molecular flexibility index (Phi) is 7.70. The standard InChI is InChI=1S/C39H31NP2/c1-5-14-30(15-6-1)36-24-25-37(31-16-7-2-8-17-31)41(36)28-34-22-13-23-35(40-34)29-42-38(32-18-9-3-10-19-32)26-27-39(42)33-20-11-4-12-21-33/h1-27H,28-29H2. The molecule has 7 aromatic rings. The largest absolute Gasteiger partial charge is 0.257 e. The third-order valence-corrected chi connectivity index (χ3v) is 13.0. The second-order valence-corrected chi connectivity index (χ2v) is 14.7. The first-order chi connectivity index (χ1) is 20.8. The van der Waals surface area contributed by atoms with Crippen molar-refractivity contribution in [3.8, 4) is 43.4 Å². The van der Waals surface area contributed by atoms with Crippen LogP contribution < -0.4 is 0 Å². The third kappa shape index (κ3) is 5.55. The van der Waals surface area contributed by atoms with Crippen LogP contribution in [0, 0.1) is 0 Å². The number of nitrogens with zero attached hydrogens (tertiary/aromatic N) is 1. The van der Waals surface area contributed by atoms with E-state index < -0.39 is 15.1 Å². The van der Waals surface area contributed by atoms with Gasteiger partial charge in [-0.1, -0.05) is 127 Å². The molecule has 202 valence electrons. The van der Waals surface area contributed by atoms with Gasteiger partial charge < -0.3 is 0 Å². The van der Waals surface area contributed by atoms with Crippen LogP contribution in [-0.2, 0) is 12.3 Å². The van der Waals surface area contributed by atoms with Crippen molar-refractivity contribution in [3.05, 3.63) is 175 Å². The summed E-state index contributed by atoms with van der Waals surface area (Å²) in [6.07, 6.45) is 1.87. The fourth-order valence-electron chi connectivity index (χ4n) is 5.75. The summed E-state index contributed by atoms with van der Waals surface area (Å²) in [5, 5.41) is 5.72. The summed E-state index contributed by atoms with van der Waals surface area (Å²) >= 11 is 0. The van der Waals surface area contributed by atoms with E-state index in [4.69, 9.17) is 4.98 Å². The molecule has 0 spiro atoms. The van der Waals surface area contributed by atoms with Gasteiger partial charge in [-0.15, -0.1) is 15.1 Å². The molecular formula is C39H31NP2. The molecule has 0 unspecified atom stereocenters. The van der Waals surface area contributed by atoms with Crippen LogP contribution in [0.2, 0.25) is 0 Å². The third-order valence-electron chi connectivity index (χ3n) is 7.74. The highest BCUT2D eigenvalue weighted by molar-refractivity contribution is 7.56. The molecule has 42 heavy (non-hydrogen) atoms. The van der Waals surface area contributed by atoms with Gasteiger partial charge in [0.2, 0.25) is 0 Å². The van der Waals surface area contributed by atoms with E-state index in [0.29, 0.717) is 0 Å². The van der Waals surface area contributed by atoms with Crippen LogP contribution in [0.5, 0.6) is 0 Å². The van der Waals surface area contributed by atoms with Crippen LogP contribution in [0.15, 0.2) is 164 Å². The number of rotatable bonds is 8. The Morgan fingerprint density at radius 1 is 0.310 bits per heavy atom. The van der Waals surface area contributed by atoms with Gasteiger partial charge in [0.1, 0.15) is 0 Å². The smallest absolute Gasteiger partial charge is 0.0486 e. The quantitative estimate of drug-likeness (QED) is 0.176. The summed E-state index contributed by atoms with van der Waals surface area (Å²) < 4.78 is 0. The topological polar surface area (TPSA) is 12.9 Å². The fraction of sp³-hybridized carbons (Fsp3) is 0.0513. The maximum Gasteiger partial charge on any atom is 0.0486 e. The first kappa shape index (κ1) is 26.5. The van der Waals surface area contributed by atoms with Crippen LogP contribution >= 0.6 is 15.1 Å². The molecule has 3 aromatic heterocycles. The van der Waals surface area contributed by atoms with Gasteiger partial charge in [-0.05, 0) is 58.7 Å². The molecule has 0 N–H and O–H groups in total. The minimum atomic E-state index is -0.576. The van der Waals surface area contributed by atoms with Gasteiger partial charge in [0, 0.05) is 44.9 Å². The first-order valence-corrected chi connectivity index (χ1v) is 17.4. The van der Waals surface area contributed by atoms with Crippen molar-refractivity contribution >= 4 is 15.1 Å². The lowest BCUT2D eigenvalue weighted by Gasteiger charge is -2.13. The molecule has 0 saturated carbocycles. The lowest BCUT2D eigenvalue weighted by Crippen LogP contribution is -1.93. The normalized spacial score (nSPS) is 11.0. The SMILES string of the molecule is c1ccc(-c2ccc(-c3ccccc3)p2Cc2cccc(Cp3c(-c4ccccc4)ccc3-c3ccccc3)n2)cc1. The molecule has 3 heterocycles. The molecule has 0 aliphatic carbocycles. The van der Waals surface area contributed by atoms with Crippen molar-refractivity contribution in [2.24, 2.45) is 0 Å². The Morgan fingerprint density at radius 3 is 0.881 bits per heavy atom. The van der Waals surface area contributed by atoms with E-state index in [1.165, 1.54) is 54.8 Å². The molecule has 0 saturated heterocycles. The predicted octanol–water partition coefficient (Wildman–Crippen LogP) is 11.8. The minimum Gasteiger partial charge on any atom is -0.257 e. The van der Waals surface area contributed by atoms with E-state index in [9.17, 15) is 0 Å². The van der Waals surface area contributed by atoms with Gasteiger partial charge in [-0.3, -0.25) is 4.98 Å². The predicted molar refractivity (Wildman–Crippen MR) is 182 cm³/mol. The van der Waals surface area contributed by atoms with Crippen molar-refractivity contribution < 1.29 is 0 Å². The highest BCUT2D eigenvalue weighted by Crippen LogP contribution is 2.54. The van der Waals surface area contributed by atoms with Gasteiger partial charge in [0.05, 0.1) is 0 Å². The van der Waals surface area contributed by atoms with Crippen molar-refractivity contribution in [2.75, 3.05) is 0 Å². The number of aromatic nitrogens is 1. The summed E-state index contributed by atoms with van der Waals surface area (Å²) in [5.41, 5.74) is 7.60. The van der Waals surface area contributed by atoms with Crippen molar-refractivity contribution in [1.82, 2.24) is 4.98 Å². The van der Waals surface area contributed by atoms with Crippen molar-refractivity contribution in [2.45, 2.75) is 12.3 Å². The van der Waals surface area contributed by atoms with Crippen LogP contribution in [0.3, 0.4) is 0 Å². The molecule has 7 rings (SSSR count). The van der Waals surface area contributed by atoms with Gasteiger partial charge in [-0.2, -0.15) is 0 Å². The summed E-state index contributed by atoms with van der Waals surface area (Å²) in [5.74, 6) is 0. The van der Waals surface area contributed by atoms with Crippen LogP contribution in [0.4, 0.5) is 0 Å². The number of hydrogen-bond acceptors (Lipinski definition) is 1. The van der Waals surface area contributed by atoms with E-state index >= 15 is 0 Å². The van der Waals surface area contributed by atoms with E-state index in [2.05, 4.69) is 164 Å². The summed E-state index contributed by atoms with van der Waals surface area (Å²) in [6, 6.07) is 59.4. The molecule has 0 atom stereocenters. The summed E-state index contributed by atoms with van der Waals surface area (Å²) in [6.45, 7) is 0. The Bertz CT molecular complexity index is 1650. The average molecular weight is 576 g/mol. The molecule has 4 aromatic carbocycles. The van der Waals surface area contributed by atoms with Crippen LogP contribution in [0.25, 0.3) is 43.4 Å². The first-order valence-electron chi connectivity index (χ1n) is 14.4. The van der Waals surface area contributed by atoms with Crippen molar-refractivity contribution in [1.29, 1.82) is 0 Å². The zero-order valence-electron chi connectivity index (χ0n) is 23.3. The molecular weight excluding hydrogens is 544 g/mol. The van der Waals surface area contributed by atoms with E-state index in [1.807, 2.05) is 0 Å². The molecule has 0 aliphatic rings. The maximum absolute atomic E-state index is 5.34. The molecule has 0 aliphatic heterocycles. The summed E-state index contributed by atoms with van der Waals surface area (Å²) in [4.78, 5) is 5.34. The van der Waals surface area contributed by atoms with Gasteiger partial charge in [0.15, 0.2) is 0 Å². The summed E-state index contributed by atoms with van der Waals surface area (Å²) in [7, 11) is -1.15. The Labute approximate surface area is 250 Å². The number of pyridine rings is 1. The van der Waals surface area contributed by atoms with E-state index in [-0.39, 0.29) is 0 Å². The van der Waals surface area contributed by atoms with Crippen LogP contribution in [0.1, 0.15) is 11.4 Å². The molecule has 0 radical (unpaired) electrons. The number of benzene rings is 4. The minimum absolute atomic E-state index is 0.576. The van der Waals surface area contributed by atoms with E-state index in [0.717, 1.165) is 12.3 Å². The molecule has 3 heteroatoms. The second-order valence-electron chi connectivity index (χ2n) is 10.5. The van der Waals surface area contributed by atoms with Gasteiger partial charge >= 0.3 is 0 Å². The highest BCUT2D eigenvalue weighted by Gasteiger charge is 2.17. The molecule has 0 bridgehead atoms. The van der Waals surface area contributed by atoms with Crippen LogP contribution in [-0.4, -0.2) is 4.98 Å². The number of hydrogen-bond donors (Lipinski definition) is 0. The highest BCUT2D eigenvalue weighted by atomic mass is 31.1. The van der Waals surface area contributed by atoms with Gasteiger partial charge in [-0.25, -0.2) is 0 Å². The van der Waals surface area contributed by atoms with Gasteiger partial charge in [0.25, 0.3) is 0 Å². The Balaban J connectivity index is 1.27. The lowest BCUT2D eigenvalue weighted by molar-refractivity contribution is 1.09. The second kappa shape index (κ2) is 12.2. The Morgan fingerprint density at radius 2 is 0.595 bits per heavy atom. The average Bonchev–Trinajstić information content (AvgIpc) is 3.67. The zero-order valence-corrected chi connectivity index (χ0v) is 25.1. The fourth-order valence-corrected chi connectivity index (χ4v) is 10.8. The maximum atomic E-state index is 5.34. The van der Waals surface area contributed by atoms with Crippen molar-refractivity contribution in [3.63, 3.8) is 0 Å². The lowest BCUT2D eigenvalue weighted by atomic mass is 10.2. The molecule has 0 fully saturated rings. The Hall–Kier alpha value is -4.41. The molecule has 1 nitrogen and oxygen atoms in total. The van der Waals surface area contributed by atoms with E-state index in [1.54, 1.807) is 0 Å². The zero-order chi connectivity index (χ0) is 28.1.